The highest BCUT2D eigenvalue weighted by molar-refractivity contribution is 5.81. The fourth-order valence-electron chi connectivity index (χ4n) is 2.93. The molecule has 3 heterocycles. The summed E-state index contributed by atoms with van der Waals surface area (Å²) in [4.78, 5) is 21.7. The molecule has 0 bridgehead atoms. The number of benzene rings is 1. The summed E-state index contributed by atoms with van der Waals surface area (Å²) >= 11 is 0. The van der Waals surface area contributed by atoms with Crippen molar-refractivity contribution in [2.75, 3.05) is 43.1 Å². The molecular formula is C17H18N6O. The Morgan fingerprint density at radius 2 is 1.83 bits per heavy atom. The van der Waals surface area contributed by atoms with Crippen LogP contribution in [0.2, 0.25) is 0 Å². The van der Waals surface area contributed by atoms with Gasteiger partial charge in [-0.05, 0) is 18.2 Å². The van der Waals surface area contributed by atoms with Crippen LogP contribution in [0.25, 0.3) is 10.9 Å². The molecule has 0 radical (unpaired) electrons. The molecule has 122 valence electrons. The molecule has 4 rings (SSSR count). The number of aromatic nitrogens is 4. The average Bonchev–Trinajstić information content (AvgIpc) is 2.68. The van der Waals surface area contributed by atoms with Gasteiger partial charge in [-0.3, -0.25) is 0 Å². The van der Waals surface area contributed by atoms with Crippen molar-refractivity contribution in [2.45, 2.75) is 0 Å². The summed E-state index contributed by atoms with van der Waals surface area (Å²) in [5.74, 6) is 1.32. The van der Waals surface area contributed by atoms with Gasteiger partial charge in [-0.25, -0.2) is 15.0 Å². The van der Waals surface area contributed by atoms with Crippen molar-refractivity contribution >= 4 is 22.5 Å². The number of hydrogen-bond acceptors (Lipinski definition) is 7. The van der Waals surface area contributed by atoms with Crippen LogP contribution in [0.15, 0.2) is 43.0 Å². The maximum atomic E-state index is 5.18. The van der Waals surface area contributed by atoms with Crippen molar-refractivity contribution in [1.29, 1.82) is 0 Å². The van der Waals surface area contributed by atoms with E-state index in [1.807, 2.05) is 12.3 Å². The lowest BCUT2D eigenvalue weighted by atomic mass is 10.2. The van der Waals surface area contributed by atoms with Crippen LogP contribution in [0, 0.1) is 0 Å². The first kappa shape index (κ1) is 14.6. The van der Waals surface area contributed by atoms with Gasteiger partial charge in [0.05, 0.1) is 12.6 Å². The van der Waals surface area contributed by atoms with Crippen molar-refractivity contribution in [2.24, 2.45) is 0 Å². The molecule has 7 heteroatoms. The van der Waals surface area contributed by atoms with E-state index in [0.29, 0.717) is 5.88 Å². The second-order valence-electron chi connectivity index (χ2n) is 5.64. The molecule has 24 heavy (non-hydrogen) atoms. The molecule has 0 amide bonds. The molecule has 0 spiro atoms. The smallest absolute Gasteiger partial charge is 0.228 e. The fraction of sp³-hybridized carbons (Fsp3) is 0.294. The van der Waals surface area contributed by atoms with E-state index in [-0.39, 0.29) is 0 Å². The van der Waals surface area contributed by atoms with Gasteiger partial charge in [-0.1, -0.05) is 0 Å². The molecule has 2 aromatic heterocycles. The van der Waals surface area contributed by atoms with E-state index in [4.69, 9.17) is 4.74 Å². The summed E-state index contributed by atoms with van der Waals surface area (Å²) in [6, 6.07) is 8.07. The fourth-order valence-corrected chi connectivity index (χ4v) is 2.93. The van der Waals surface area contributed by atoms with Crippen LogP contribution in [0.3, 0.4) is 0 Å². The number of hydrogen-bond donors (Lipinski definition) is 0. The first-order valence-corrected chi connectivity index (χ1v) is 7.90. The zero-order valence-electron chi connectivity index (χ0n) is 13.5. The minimum Gasteiger partial charge on any atom is -0.481 e. The number of anilines is 2. The molecule has 1 fully saturated rings. The molecular weight excluding hydrogens is 304 g/mol. The van der Waals surface area contributed by atoms with Gasteiger partial charge < -0.3 is 14.5 Å². The van der Waals surface area contributed by atoms with Crippen molar-refractivity contribution in [3.05, 3.63) is 43.0 Å². The second kappa shape index (κ2) is 6.27. The minimum absolute atomic E-state index is 0.594. The average molecular weight is 322 g/mol. The van der Waals surface area contributed by atoms with Crippen molar-refractivity contribution in [1.82, 2.24) is 19.9 Å². The molecule has 1 saturated heterocycles. The van der Waals surface area contributed by atoms with E-state index < -0.39 is 0 Å². The number of fused-ring (bicyclic) bond motifs is 1. The maximum Gasteiger partial charge on any atom is 0.228 e. The van der Waals surface area contributed by atoms with E-state index in [1.165, 1.54) is 5.69 Å². The van der Waals surface area contributed by atoms with Crippen LogP contribution in [0.1, 0.15) is 0 Å². The molecule has 0 atom stereocenters. The Labute approximate surface area is 140 Å². The molecule has 0 saturated carbocycles. The first-order valence-electron chi connectivity index (χ1n) is 7.90. The number of rotatable bonds is 3. The lowest BCUT2D eigenvalue weighted by Crippen LogP contribution is -2.47. The highest BCUT2D eigenvalue weighted by Crippen LogP contribution is 2.22. The van der Waals surface area contributed by atoms with E-state index in [9.17, 15) is 0 Å². The predicted octanol–water partition coefficient (Wildman–Crippen LogP) is 1.75. The molecule has 1 aliphatic heterocycles. The van der Waals surface area contributed by atoms with Gasteiger partial charge in [0, 0.05) is 55.7 Å². The summed E-state index contributed by atoms with van der Waals surface area (Å²) in [7, 11) is 1.62. The topological polar surface area (TPSA) is 67.3 Å². The van der Waals surface area contributed by atoms with E-state index in [1.54, 1.807) is 25.7 Å². The predicted molar refractivity (Wildman–Crippen MR) is 92.5 cm³/mol. The quantitative estimate of drug-likeness (QED) is 0.728. The summed E-state index contributed by atoms with van der Waals surface area (Å²) in [6.45, 7) is 3.58. The zero-order chi connectivity index (χ0) is 16.4. The molecule has 1 aromatic carbocycles. The normalized spacial score (nSPS) is 14.9. The van der Waals surface area contributed by atoms with Gasteiger partial charge in [-0.15, -0.1) is 0 Å². The van der Waals surface area contributed by atoms with Crippen molar-refractivity contribution < 1.29 is 4.74 Å². The maximum absolute atomic E-state index is 5.18. The van der Waals surface area contributed by atoms with E-state index in [0.717, 1.165) is 43.0 Å². The van der Waals surface area contributed by atoms with Crippen LogP contribution < -0.4 is 14.5 Å². The molecule has 1 aliphatic rings. The van der Waals surface area contributed by atoms with Crippen LogP contribution >= 0.6 is 0 Å². The lowest BCUT2D eigenvalue weighted by Gasteiger charge is -2.36. The Hall–Kier alpha value is -2.96. The molecule has 0 aliphatic carbocycles. The Bertz CT molecular complexity index is 847. The molecule has 0 N–H and O–H groups in total. The monoisotopic (exact) mass is 322 g/mol. The summed E-state index contributed by atoms with van der Waals surface area (Å²) in [6.07, 6.45) is 5.16. The van der Waals surface area contributed by atoms with Crippen LogP contribution in [-0.2, 0) is 0 Å². The largest absolute Gasteiger partial charge is 0.481 e. The SMILES string of the molecule is COc1ccnc(N2CCN(c3ccc4ncncc4c3)CC2)n1. The highest BCUT2D eigenvalue weighted by atomic mass is 16.5. The van der Waals surface area contributed by atoms with Crippen molar-refractivity contribution in [3.63, 3.8) is 0 Å². The van der Waals surface area contributed by atoms with Crippen LogP contribution in [0.4, 0.5) is 11.6 Å². The Kier molecular flexibility index (Phi) is 3.82. The van der Waals surface area contributed by atoms with Crippen LogP contribution in [0.5, 0.6) is 5.88 Å². The molecule has 3 aromatic rings. The second-order valence-corrected chi connectivity index (χ2v) is 5.64. The number of ether oxygens (including phenoxy) is 1. The van der Waals surface area contributed by atoms with Gasteiger partial charge in [0.25, 0.3) is 0 Å². The Balaban J connectivity index is 1.48. The van der Waals surface area contributed by atoms with Crippen molar-refractivity contribution in [3.8, 4) is 5.88 Å². The van der Waals surface area contributed by atoms with E-state index >= 15 is 0 Å². The molecule has 0 unspecified atom stereocenters. The Morgan fingerprint density at radius 3 is 2.67 bits per heavy atom. The molecule has 7 nitrogen and oxygen atoms in total. The lowest BCUT2D eigenvalue weighted by molar-refractivity contribution is 0.396. The minimum atomic E-state index is 0.594. The Morgan fingerprint density at radius 1 is 1.00 bits per heavy atom. The third-order valence-electron chi connectivity index (χ3n) is 4.24. The summed E-state index contributed by atoms with van der Waals surface area (Å²) in [5, 5.41) is 1.06. The highest BCUT2D eigenvalue weighted by Gasteiger charge is 2.19. The first-order chi connectivity index (χ1) is 11.8. The number of piperazine rings is 1. The van der Waals surface area contributed by atoms with E-state index in [2.05, 4.69) is 41.9 Å². The third kappa shape index (κ3) is 2.80. The summed E-state index contributed by atoms with van der Waals surface area (Å²) in [5.41, 5.74) is 2.17. The zero-order valence-corrected chi connectivity index (χ0v) is 13.5. The van der Waals surface area contributed by atoms with Gasteiger partial charge >= 0.3 is 0 Å². The van der Waals surface area contributed by atoms with Crippen LogP contribution in [-0.4, -0.2) is 53.2 Å². The third-order valence-corrected chi connectivity index (χ3v) is 4.24. The van der Waals surface area contributed by atoms with Gasteiger partial charge in [0.1, 0.15) is 6.33 Å². The summed E-state index contributed by atoms with van der Waals surface area (Å²) < 4.78 is 5.18. The number of methoxy groups -OCH3 is 1. The standard InChI is InChI=1S/C17H18N6O/c1-24-16-4-5-19-17(21-16)23-8-6-22(7-9-23)14-2-3-15-13(10-14)11-18-12-20-15/h2-5,10-12H,6-9H2,1H3. The number of nitrogens with zero attached hydrogens (tertiary/aromatic N) is 6. The van der Waals surface area contributed by atoms with Gasteiger partial charge in [-0.2, -0.15) is 4.98 Å². The van der Waals surface area contributed by atoms with Gasteiger partial charge in [0.15, 0.2) is 0 Å². The van der Waals surface area contributed by atoms with Gasteiger partial charge in [0.2, 0.25) is 11.8 Å².